The second-order valence-corrected chi connectivity index (χ2v) is 4.12. The third kappa shape index (κ3) is 2.54. The molecule has 1 rings (SSSR count). The van der Waals surface area contributed by atoms with Gasteiger partial charge in [0.25, 0.3) is 0 Å². The van der Waals surface area contributed by atoms with E-state index in [0.29, 0.717) is 6.04 Å². The molecule has 14 heavy (non-hydrogen) atoms. The number of halogens is 1. The van der Waals surface area contributed by atoms with Gasteiger partial charge in [0.2, 0.25) is 0 Å². The Morgan fingerprint density at radius 2 is 2.29 bits per heavy atom. The lowest BCUT2D eigenvalue weighted by Crippen LogP contribution is -2.19. The molecule has 1 aromatic rings. The molecule has 0 aliphatic rings. The first-order valence-electron chi connectivity index (χ1n) is 4.93. The smallest absolute Gasteiger partial charge is 0.153 e. The van der Waals surface area contributed by atoms with Gasteiger partial charge in [-0.25, -0.2) is 4.68 Å². The largest absolute Gasteiger partial charge is 0.312 e. The highest BCUT2D eigenvalue weighted by Crippen LogP contribution is 2.24. The van der Waals surface area contributed by atoms with Gasteiger partial charge in [0, 0.05) is 7.05 Å². The highest BCUT2D eigenvalue weighted by molar-refractivity contribution is 9.10. The van der Waals surface area contributed by atoms with Crippen LogP contribution in [0.2, 0.25) is 0 Å². The molecule has 0 fully saturated rings. The summed E-state index contributed by atoms with van der Waals surface area (Å²) in [6, 6.07) is 0.337. The Morgan fingerprint density at radius 3 is 2.71 bits per heavy atom. The molecule has 0 saturated heterocycles. The van der Waals surface area contributed by atoms with Crippen molar-refractivity contribution in [2.45, 2.75) is 32.2 Å². The molecule has 5 heteroatoms. The maximum atomic E-state index is 3.98. The van der Waals surface area contributed by atoms with Crippen molar-refractivity contribution in [3.05, 3.63) is 10.3 Å². The zero-order chi connectivity index (χ0) is 10.6. The van der Waals surface area contributed by atoms with Gasteiger partial charge in [-0.2, -0.15) is 0 Å². The summed E-state index contributed by atoms with van der Waals surface area (Å²) in [5, 5.41) is 11.2. The van der Waals surface area contributed by atoms with Crippen LogP contribution in [0.25, 0.3) is 0 Å². The standard InChI is InChI=1S/C9H17BrN4/c1-4-5-6-7(11-2)8-9(10)12-13-14(8)3/h7,11H,4-6H2,1-3H3. The molecule has 80 valence electrons. The maximum Gasteiger partial charge on any atom is 0.153 e. The molecule has 0 spiro atoms. The molecule has 0 aliphatic carbocycles. The molecular formula is C9H17BrN4. The summed E-state index contributed by atoms with van der Waals surface area (Å²) in [5.74, 6) is 0. The Hall–Kier alpha value is -0.420. The average Bonchev–Trinajstić information content (AvgIpc) is 2.50. The molecule has 1 unspecified atom stereocenters. The van der Waals surface area contributed by atoms with Gasteiger partial charge in [0.15, 0.2) is 4.60 Å². The minimum atomic E-state index is 0.337. The van der Waals surface area contributed by atoms with Gasteiger partial charge in [0.1, 0.15) is 0 Å². The summed E-state index contributed by atoms with van der Waals surface area (Å²) in [5.41, 5.74) is 1.13. The first kappa shape index (κ1) is 11.7. The summed E-state index contributed by atoms with van der Waals surface area (Å²) in [4.78, 5) is 0. The van der Waals surface area contributed by atoms with Gasteiger partial charge in [-0.15, -0.1) is 5.10 Å². The summed E-state index contributed by atoms with van der Waals surface area (Å²) in [6.07, 6.45) is 3.54. The summed E-state index contributed by atoms with van der Waals surface area (Å²) in [6.45, 7) is 2.20. The van der Waals surface area contributed by atoms with E-state index in [1.165, 1.54) is 12.8 Å². The Balaban J connectivity index is 2.77. The normalized spacial score (nSPS) is 13.1. The van der Waals surface area contributed by atoms with Crippen LogP contribution in [-0.2, 0) is 7.05 Å². The van der Waals surface area contributed by atoms with E-state index < -0.39 is 0 Å². The van der Waals surface area contributed by atoms with Gasteiger partial charge in [-0.05, 0) is 29.4 Å². The van der Waals surface area contributed by atoms with Crippen molar-refractivity contribution in [2.24, 2.45) is 7.05 Å². The number of unbranched alkanes of at least 4 members (excludes halogenated alkanes) is 1. The zero-order valence-corrected chi connectivity index (χ0v) is 10.5. The van der Waals surface area contributed by atoms with E-state index in [1.54, 1.807) is 0 Å². The Kier molecular flexibility index (Phi) is 4.54. The van der Waals surface area contributed by atoms with Crippen molar-refractivity contribution < 1.29 is 0 Å². The Bertz CT molecular complexity index is 265. The fourth-order valence-corrected chi connectivity index (χ4v) is 2.14. The minimum Gasteiger partial charge on any atom is -0.312 e. The number of aromatic nitrogens is 3. The Morgan fingerprint density at radius 1 is 1.57 bits per heavy atom. The molecule has 1 N–H and O–H groups in total. The molecule has 0 amide bonds. The number of hydrogen-bond donors (Lipinski definition) is 1. The van der Waals surface area contributed by atoms with E-state index in [4.69, 9.17) is 0 Å². The maximum absolute atomic E-state index is 3.98. The van der Waals surface area contributed by atoms with Crippen LogP contribution >= 0.6 is 15.9 Å². The third-order valence-electron chi connectivity index (χ3n) is 2.35. The van der Waals surface area contributed by atoms with Crippen molar-refractivity contribution in [1.29, 1.82) is 0 Å². The van der Waals surface area contributed by atoms with Gasteiger partial charge in [-0.1, -0.05) is 25.0 Å². The molecule has 0 bridgehead atoms. The van der Waals surface area contributed by atoms with E-state index in [1.807, 2.05) is 18.8 Å². The quantitative estimate of drug-likeness (QED) is 0.881. The molecule has 1 heterocycles. The highest BCUT2D eigenvalue weighted by atomic mass is 79.9. The van der Waals surface area contributed by atoms with Crippen LogP contribution in [0.1, 0.15) is 37.9 Å². The highest BCUT2D eigenvalue weighted by Gasteiger charge is 2.17. The first-order valence-corrected chi connectivity index (χ1v) is 5.72. The number of nitrogens with zero attached hydrogens (tertiary/aromatic N) is 3. The van der Waals surface area contributed by atoms with Crippen molar-refractivity contribution in [1.82, 2.24) is 20.3 Å². The van der Waals surface area contributed by atoms with Crippen LogP contribution in [0.4, 0.5) is 0 Å². The molecule has 0 saturated carbocycles. The summed E-state index contributed by atoms with van der Waals surface area (Å²) >= 11 is 3.42. The minimum absolute atomic E-state index is 0.337. The molecule has 1 atom stereocenters. The summed E-state index contributed by atoms with van der Waals surface area (Å²) < 4.78 is 2.66. The number of hydrogen-bond acceptors (Lipinski definition) is 3. The van der Waals surface area contributed by atoms with E-state index >= 15 is 0 Å². The van der Waals surface area contributed by atoms with E-state index in [0.717, 1.165) is 16.7 Å². The van der Waals surface area contributed by atoms with Crippen LogP contribution in [0.5, 0.6) is 0 Å². The van der Waals surface area contributed by atoms with Crippen molar-refractivity contribution >= 4 is 15.9 Å². The molecule has 0 radical (unpaired) electrons. The fourth-order valence-electron chi connectivity index (χ4n) is 1.53. The monoisotopic (exact) mass is 260 g/mol. The zero-order valence-electron chi connectivity index (χ0n) is 8.92. The van der Waals surface area contributed by atoms with Crippen LogP contribution < -0.4 is 5.32 Å². The Labute approximate surface area is 93.2 Å². The predicted molar refractivity (Wildman–Crippen MR) is 60.0 cm³/mol. The molecule has 0 aliphatic heterocycles. The second kappa shape index (κ2) is 5.46. The molecule has 4 nitrogen and oxygen atoms in total. The first-order chi connectivity index (χ1) is 6.70. The number of nitrogens with one attached hydrogen (secondary N) is 1. The van der Waals surface area contributed by atoms with Gasteiger partial charge in [0.05, 0.1) is 11.7 Å². The van der Waals surface area contributed by atoms with Crippen molar-refractivity contribution in [2.75, 3.05) is 7.05 Å². The third-order valence-corrected chi connectivity index (χ3v) is 2.92. The van der Waals surface area contributed by atoms with Gasteiger partial charge in [-0.3, -0.25) is 0 Å². The SMILES string of the molecule is CCCCC(NC)c1c(Br)nnn1C. The lowest BCUT2D eigenvalue weighted by atomic mass is 10.1. The lowest BCUT2D eigenvalue weighted by Gasteiger charge is -2.15. The van der Waals surface area contributed by atoms with Crippen LogP contribution in [0, 0.1) is 0 Å². The van der Waals surface area contributed by atoms with Gasteiger partial charge >= 0.3 is 0 Å². The lowest BCUT2D eigenvalue weighted by molar-refractivity contribution is 0.485. The second-order valence-electron chi connectivity index (χ2n) is 3.37. The average molecular weight is 261 g/mol. The van der Waals surface area contributed by atoms with E-state index in [-0.39, 0.29) is 0 Å². The van der Waals surface area contributed by atoms with Crippen molar-refractivity contribution in [3.8, 4) is 0 Å². The fraction of sp³-hybridized carbons (Fsp3) is 0.778. The van der Waals surface area contributed by atoms with Crippen LogP contribution in [-0.4, -0.2) is 22.0 Å². The van der Waals surface area contributed by atoms with E-state index in [9.17, 15) is 0 Å². The van der Waals surface area contributed by atoms with Crippen molar-refractivity contribution in [3.63, 3.8) is 0 Å². The number of rotatable bonds is 5. The van der Waals surface area contributed by atoms with E-state index in [2.05, 4.69) is 38.5 Å². The summed E-state index contributed by atoms with van der Waals surface area (Å²) in [7, 11) is 3.89. The molecule has 1 aromatic heterocycles. The van der Waals surface area contributed by atoms with Crippen LogP contribution in [0.3, 0.4) is 0 Å². The molecular weight excluding hydrogens is 244 g/mol. The van der Waals surface area contributed by atoms with Gasteiger partial charge < -0.3 is 5.32 Å². The molecule has 0 aromatic carbocycles. The topological polar surface area (TPSA) is 42.7 Å². The number of aryl methyl sites for hydroxylation is 1. The predicted octanol–water partition coefficient (Wildman–Crippen LogP) is 2.03. The van der Waals surface area contributed by atoms with Crippen LogP contribution in [0.15, 0.2) is 4.60 Å².